The van der Waals surface area contributed by atoms with Gasteiger partial charge >= 0.3 is 0 Å². The molecular weight excluding hydrogens is 262 g/mol. The number of aromatic nitrogens is 3. The first-order chi connectivity index (χ1) is 10.2. The summed E-state index contributed by atoms with van der Waals surface area (Å²) in [6.07, 6.45) is 1.75. The van der Waals surface area contributed by atoms with Crippen molar-refractivity contribution in [2.75, 3.05) is 7.11 Å². The second-order valence-corrected chi connectivity index (χ2v) is 5.01. The molecule has 0 radical (unpaired) electrons. The second kappa shape index (κ2) is 5.40. The van der Waals surface area contributed by atoms with Crippen molar-refractivity contribution in [1.29, 1.82) is 0 Å². The first kappa shape index (κ1) is 13.4. The fourth-order valence-corrected chi connectivity index (χ4v) is 2.34. The van der Waals surface area contributed by atoms with E-state index < -0.39 is 0 Å². The monoisotopic (exact) mass is 279 g/mol. The van der Waals surface area contributed by atoms with Gasteiger partial charge in [-0.3, -0.25) is 0 Å². The third-order valence-corrected chi connectivity index (χ3v) is 3.32. The number of aryl methyl sites for hydroxylation is 2. The molecule has 106 valence electrons. The fourth-order valence-electron chi connectivity index (χ4n) is 2.34. The van der Waals surface area contributed by atoms with Crippen LogP contribution in [-0.4, -0.2) is 21.9 Å². The average Bonchev–Trinajstić information content (AvgIpc) is 2.89. The van der Waals surface area contributed by atoms with Gasteiger partial charge in [0.15, 0.2) is 0 Å². The molecule has 2 aromatic heterocycles. The van der Waals surface area contributed by atoms with E-state index in [0.717, 1.165) is 22.6 Å². The quantitative estimate of drug-likeness (QED) is 0.736. The van der Waals surface area contributed by atoms with Crippen molar-refractivity contribution in [3.63, 3.8) is 0 Å². The van der Waals surface area contributed by atoms with Crippen LogP contribution in [0.2, 0.25) is 0 Å². The molecule has 0 unspecified atom stereocenters. The number of rotatable bonds is 3. The van der Waals surface area contributed by atoms with Crippen LogP contribution in [-0.2, 0) is 0 Å². The van der Waals surface area contributed by atoms with E-state index in [1.807, 2.05) is 29.8 Å². The molecule has 0 aliphatic carbocycles. The number of methoxy groups -OCH3 is 1. The van der Waals surface area contributed by atoms with Crippen LogP contribution in [0.5, 0.6) is 5.88 Å². The highest BCUT2D eigenvalue weighted by molar-refractivity contribution is 5.63. The van der Waals surface area contributed by atoms with Crippen molar-refractivity contribution in [2.45, 2.75) is 13.8 Å². The topological polar surface area (TPSA) is 39.9 Å². The molecule has 0 N–H and O–H groups in total. The summed E-state index contributed by atoms with van der Waals surface area (Å²) in [4.78, 5) is 4.15. The molecule has 0 fully saturated rings. The molecule has 0 aliphatic heterocycles. The van der Waals surface area contributed by atoms with E-state index in [2.05, 4.69) is 41.3 Å². The Morgan fingerprint density at radius 3 is 2.67 bits per heavy atom. The molecule has 1 aromatic carbocycles. The fraction of sp³-hybridized carbons (Fsp3) is 0.176. The highest BCUT2D eigenvalue weighted by atomic mass is 16.5. The predicted octanol–water partition coefficient (Wildman–Crippen LogP) is 3.56. The van der Waals surface area contributed by atoms with Crippen LogP contribution < -0.4 is 4.74 Å². The maximum absolute atomic E-state index is 5.21. The number of hydrogen-bond donors (Lipinski definition) is 0. The van der Waals surface area contributed by atoms with E-state index in [1.54, 1.807) is 13.3 Å². The van der Waals surface area contributed by atoms with E-state index in [-0.39, 0.29) is 0 Å². The molecule has 4 heteroatoms. The summed E-state index contributed by atoms with van der Waals surface area (Å²) in [6.45, 7) is 4.07. The zero-order chi connectivity index (χ0) is 14.8. The minimum absolute atomic E-state index is 0.599. The van der Waals surface area contributed by atoms with Crippen LogP contribution >= 0.6 is 0 Å². The Balaban J connectivity index is 2.15. The molecule has 0 bridgehead atoms. The molecule has 3 rings (SSSR count). The average molecular weight is 279 g/mol. The van der Waals surface area contributed by atoms with Crippen LogP contribution in [0.1, 0.15) is 11.3 Å². The van der Waals surface area contributed by atoms with E-state index >= 15 is 0 Å². The predicted molar refractivity (Wildman–Crippen MR) is 82.8 cm³/mol. The van der Waals surface area contributed by atoms with Crippen LogP contribution in [0.15, 0.2) is 48.7 Å². The Hall–Kier alpha value is -2.62. The Morgan fingerprint density at radius 2 is 1.90 bits per heavy atom. The number of ether oxygens (including phenoxy) is 1. The third-order valence-electron chi connectivity index (χ3n) is 3.32. The van der Waals surface area contributed by atoms with E-state index in [9.17, 15) is 0 Å². The van der Waals surface area contributed by atoms with Gasteiger partial charge in [0.1, 0.15) is 0 Å². The Labute approximate surface area is 124 Å². The number of hydrogen-bond acceptors (Lipinski definition) is 3. The van der Waals surface area contributed by atoms with E-state index in [1.165, 1.54) is 5.56 Å². The zero-order valence-corrected chi connectivity index (χ0v) is 12.4. The molecule has 0 amide bonds. The Kier molecular flexibility index (Phi) is 3.44. The van der Waals surface area contributed by atoms with Gasteiger partial charge in [0, 0.05) is 17.8 Å². The maximum Gasteiger partial charge on any atom is 0.213 e. The van der Waals surface area contributed by atoms with Gasteiger partial charge in [-0.25, -0.2) is 9.67 Å². The van der Waals surface area contributed by atoms with Crippen molar-refractivity contribution in [1.82, 2.24) is 14.8 Å². The van der Waals surface area contributed by atoms with Crippen molar-refractivity contribution < 1.29 is 4.74 Å². The first-order valence-corrected chi connectivity index (χ1v) is 6.81. The van der Waals surface area contributed by atoms with E-state index in [4.69, 9.17) is 4.74 Å². The smallest absolute Gasteiger partial charge is 0.213 e. The highest BCUT2D eigenvalue weighted by Gasteiger charge is 2.11. The Bertz CT molecular complexity index is 777. The van der Waals surface area contributed by atoms with Crippen molar-refractivity contribution in [3.05, 3.63) is 59.9 Å². The summed E-state index contributed by atoms with van der Waals surface area (Å²) < 4.78 is 7.16. The zero-order valence-electron chi connectivity index (χ0n) is 12.4. The molecule has 0 saturated heterocycles. The summed E-state index contributed by atoms with van der Waals surface area (Å²) in [5, 5.41) is 4.61. The minimum atomic E-state index is 0.599. The van der Waals surface area contributed by atoms with Crippen LogP contribution in [0, 0.1) is 13.8 Å². The lowest BCUT2D eigenvalue weighted by molar-refractivity contribution is 0.398. The van der Waals surface area contributed by atoms with Gasteiger partial charge in [-0.15, -0.1) is 0 Å². The van der Waals surface area contributed by atoms with Gasteiger partial charge in [0.25, 0.3) is 0 Å². The second-order valence-electron chi connectivity index (χ2n) is 5.01. The molecule has 0 spiro atoms. The standard InChI is InChI=1S/C17H17N3O/c1-12-5-4-6-15(9-12)20-16(10-13(2)19-20)14-7-8-18-17(11-14)21-3/h4-11H,1-3H3. The molecule has 21 heavy (non-hydrogen) atoms. The summed E-state index contributed by atoms with van der Waals surface area (Å²) in [6, 6.07) is 14.2. The molecule has 2 heterocycles. The van der Waals surface area contributed by atoms with Gasteiger partial charge < -0.3 is 4.74 Å². The lowest BCUT2D eigenvalue weighted by Crippen LogP contribution is -2.00. The molecule has 0 saturated carbocycles. The normalized spacial score (nSPS) is 10.6. The number of nitrogens with zero attached hydrogens (tertiary/aromatic N) is 3. The van der Waals surface area contributed by atoms with Gasteiger partial charge in [0.2, 0.25) is 5.88 Å². The lowest BCUT2D eigenvalue weighted by Gasteiger charge is -2.09. The van der Waals surface area contributed by atoms with Crippen molar-refractivity contribution in [3.8, 4) is 22.8 Å². The minimum Gasteiger partial charge on any atom is -0.481 e. The largest absolute Gasteiger partial charge is 0.481 e. The molecular formula is C17H17N3O. The van der Waals surface area contributed by atoms with Gasteiger partial charge in [-0.2, -0.15) is 5.10 Å². The van der Waals surface area contributed by atoms with Crippen molar-refractivity contribution in [2.24, 2.45) is 0 Å². The summed E-state index contributed by atoms with van der Waals surface area (Å²) in [5.74, 6) is 0.599. The Morgan fingerprint density at radius 1 is 1.05 bits per heavy atom. The molecule has 3 aromatic rings. The van der Waals surface area contributed by atoms with E-state index in [0.29, 0.717) is 5.88 Å². The van der Waals surface area contributed by atoms with Gasteiger partial charge in [-0.1, -0.05) is 12.1 Å². The molecule has 0 aliphatic rings. The summed E-state index contributed by atoms with van der Waals surface area (Å²) >= 11 is 0. The van der Waals surface area contributed by atoms with Gasteiger partial charge in [0.05, 0.1) is 24.2 Å². The molecule has 0 atom stereocenters. The summed E-state index contributed by atoms with van der Waals surface area (Å²) in [7, 11) is 1.62. The highest BCUT2D eigenvalue weighted by Crippen LogP contribution is 2.26. The first-order valence-electron chi connectivity index (χ1n) is 6.81. The van der Waals surface area contributed by atoms with Crippen molar-refractivity contribution >= 4 is 0 Å². The third kappa shape index (κ3) is 2.65. The SMILES string of the molecule is COc1cc(-c2cc(C)nn2-c2cccc(C)c2)ccn1. The molecule has 4 nitrogen and oxygen atoms in total. The van der Waals surface area contributed by atoms with Crippen LogP contribution in [0.3, 0.4) is 0 Å². The number of pyridine rings is 1. The maximum atomic E-state index is 5.21. The summed E-state index contributed by atoms with van der Waals surface area (Å²) in [5.41, 5.74) is 5.29. The lowest BCUT2D eigenvalue weighted by atomic mass is 10.1. The van der Waals surface area contributed by atoms with Gasteiger partial charge in [-0.05, 0) is 43.7 Å². The van der Waals surface area contributed by atoms with Crippen LogP contribution in [0.4, 0.5) is 0 Å². The number of benzene rings is 1. The van der Waals surface area contributed by atoms with Crippen LogP contribution in [0.25, 0.3) is 16.9 Å².